The number of halogens is 3. The molecule has 3 N–H and O–H groups in total. The van der Waals surface area contributed by atoms with Crippen molar-refractivity contribution in [2.45, 2.75) is 82.4 Å². The van der Waals surface area contributed by atoms with E-state index in [4.69, 9.17) is 49.0 Å². The molecule has 1 fully saturated rings. The molecular weight excluding hydrogens is 725 g/mol. The Morgan fingerprint density at radius 1 is 1.08 bits per heavy atom. The second-order valence-electron chi connectivity index (χ2n) is 13.2. The van der Waals surface area contributed by atoms with Crippen molar-refractivity contribution < 1.29 is 38.2 Å². The Balaban J connectivity index is 1.69. The minimum atomic E-state index is -1.78. The number of methoxy groups -OCH3 is 1. The van der Waals surface area contributed by atoms with Crippen LogP contribution in [-0.4, -0.2) is 88.4 Å². The lowest BCUT2D eigenvalue weighted by molar-refractivity contribution is -0.153. The fourth-order valence-electron chi connectivity index (χ4n) is 5.19. The van der Waals surface area contributed by atoms with E-state index in [1.165, 1.54) is 19.0 Å². The van der Waals surface area contributed by atoms with Crippen molar-refractivity contribution in [1.29, 1.82) is 0 Å². The molecule has 3 rings (SSSR count). The maximum Gasteiger partial charge on any atom is 0.325 e. The van der Waals surface area contributed by atoms with Crippen molar-refractivity contribution in [3.8, 4) is 0 Å². The first kappa shape index (κ1) is 41.9. The third-order valence-corrected chi connectivity index (χ3v) is 8.40. The highest BCUT2D eigenvalue weighted by atomic mass is 35.6. The van der Waals surface area contributed by atoms with E-state index in [9.17, 15) is 24.0 Å². The Bertz CT molecular complexity index is 1610. The number of hydrogen-bond donors (Lipinski definition) is 3. The van der Waals surface area contributed by atoms with E-state index in [0.717, 1.165) is 10.9 Å². The Labute approximate surface area is 313 Å². The highest BCUT2D eigenvalue weighted by Gasteiger charge is 2.37. The second-order valence-corrected chi connectivity index (χ2v) is 15.8. The number of carbonyl (C=O) groups excluding carboxylic acids is 5. The molecule has 1 saturated heterocycles. The number of carbonyl (C=O) groups is 5. The quantitative estimate of drug-likeness (QED) is 0.183. The number of ether oxygens (including phenoxy) is 3. The number of nitrogens with zero attached hydrogens (tertiary/aromatic N) is 2. The zero-order valence-electron chi connectivity index (χ0n) is 29.8. The molecule has 1 aromatic carbocycles. The van der Waals surface area contributed by atoms with E-state index in [-0.39, 0.29) is 19.1 Å². The third kappa shape index (κ3) is 12.6. The molecule has 1 aliphatic heterocycles. The fourth-order valence-corrected chi connectivity index (χ4v) is 5.36. The van der Waals surface area contributed by atoms with Gasteiger partial charge in [0.2, 0.25) is 15.6 Å². The molecule has 13 nitrogen and oxygen atoms in total. The normalized spacial score (nSPS) is 17.2. The summed E-state index contributed by atoms with van der Waals surface area (Å²) < 4.78 is 13.8. The average Bonchev–Trinajstić information content (AvgIpc) is 3.06. The number of alkyl halides is 3. The monoisotopic (exact) mass is 769 g/mol. The van der Waals surface area contributed by atoms with Gasteiger partial charge in [-0.2, -0.15) is 0 Å². The molecule has 0 spiro atoms. The van der Waals surface area contributed by atoms with E-state index in [1.54, 1.807) is 46.8 Å². The van der Waals surface area contributed by atoms with Crippen molar-refractivity contribution in [3.63, 3.8) is 0 Å². The molecule has 1 aromatic heterocycles. The number of rotatable bonds is 14. The molecule has 0 radical (unpaired) electrons. The van der Waals surface area contributed by atoms with Gasteiger partial charge in [-0.1, -0.05) is 79.0 Å². The average molecular weight is 771 g/mol. The van der Waals surface area contributed by atoms with Crippen LogP contribution in [0.15, 0.2) is 36.4 Å². The van der Waals surface area contributed by atoms with Crippen molar-refractivity contribution in [2.75, 3.05) is 26.9 Å². The van der Waals surface area contributed by atoms with Gasteiger partial charge in [-0.3, -0.25) is 29.0 Å². The number of amides is 3. The van der Waals surface area contributed by atoms with Crippen molar-refractivity contribution >= 4 is 81.4 Å². The number of hydrogen-bond acceptors (Lipinski definition) is 10. The first-order valence-corrected chi connectivity index (χ1v) is 17.6. The number of fused-ring (bicyclic) bond motifs is 1. The molecule has 16 heteroatoms. The molecular formula is C35H46Cl3N5O8. The molecule has 0 aliphatic carbocycles. The van der Waals surface area contributed by atoms with E-state index >= 15 is 0 Å². The molecule has 0 bridgehead atoms. The van der Waals surface area contributed by atoms with Gasteiger partial charge >= 0.3 is 11.9 Å². The Morgan fingerprint density at radius 2 is 1.76 bits per heavy atom. The summed E-state index contributed by atoms with van der Waals surface area (Å²) in [7, 11) is 1.39. The summed E-state index contributed by atoms with van der Waals surface area (Å²) in [5.41, 5.74) is 3.89. The molecule has 4 atom stereocenters. The van der Waals surface area contributed by atoms with Crippen LogP contribution in [0.2, 0.25) is 0 Å². The van der Waals surface area contributed by atoms with Gasteiger partial charge in [0, 0.05) is 26.0 Å². The largest absolute Gasteiger partial charge is 0.460 e. The van der Waals surface area contributed by atoms with Gasteiger partial charge in [-0.15, -0.1) is 0 Å². The summed E-state index contributed by atoms with van der Waals surface area (Å²) in [5.74, 6) is -2.96. The topological polar surface area (TPSA) is 165 Å². The lowest BCUT2D eigenvalue weighted by Gasteiger charge is -2.35. The Morgan fingerprint density at radius 3 is 2.39 bits per heavy atom. The van der Waals surface area contributed by atoms with E-state index in [2.05, 4.69) is 21.0 Å². The van der Waals surface area contributed by atoms with Gasteiger partial charge in [-0.25, -0.2) is 10.4 Å². The van der Waals surface area contributed by atoms with Crippen LogP contribution in [0.1, 0.15) is 71.7 Å². The SMILES string of the molecule is COCC(NC(=O)C(NC(=O)C(C)(C)C=Cc1ccc2ccc(C(C)OC(C)=O)nc2c1)C(C)C)C(=O)N1CCCC(C(=O)OCC(Cl)(Cl)Cl)N1. The van der Waals surface area contributed by atoms with Gasteiger partial charge in [0.25, 0.3) is 5.91 Å². The lowest BCUT2D eigenvalue weighted by atomic mass is 9.89. The first-order chi connectivity index (χ1) is 23.8. The van der Waals surface area contributed by atoms with Crippen LogP contribution in [0.3, 0.4) is 0 Å². The van der Waals surface area contributed by atoms with Crippen LogP contribution in [0.4, 0.5) is 0 Å². The third-order valence-electron chi connectivity index (χ3n) is 8.07. The summed E-state index contributed by atoms with van der Waals surface area (Å²) in [6, 6.07) is 6.40. The lowest BCUT2D eigenvalue weighted by Crippen LogP contribution is -2.62. The van der Waals surface area contributed by atoms with Crippen LogP contribution in [0.5, 0.6) is 0 Å². The number of esters is 2. The van der Waals surface area contributed by atoms with Gasteiger partial charge in [-0.05, 0) is 57.2 Å². The summed E-state index contributed by atoms with van der Waals surface area (Å²) in [6.45, 7) is 9.73. The zero-order valence-corrected chi connectivity index (χ0v) is 32.0. The van der Waals surface area contributed by atoms with Crippen LogP contribution in [-0.2, 0) is 38.2 Å². The van der Waals surface area contributed by atoms with Crippen molar-refractivity contribution in [3.05, 3.63) is 47.7 Å². The summed E-state index contributed by atoms with van der Waals surface area (Å²) in [4.78, 5) is 69.2. The highest BCUT2D eigenvalue weighted by Crippen LogP contribution is 2.27. The highest BCUT2D eigenvalue weighted by molar-refractivity contribution is 6.67. The Kier molecular flexibility index (Phi) is 15.1. The standard InChI is InChI=1S/C35H46Cl3N5O8/c1-20(2)29(30(45)40-28(18-49-7)31(46)43-16-8-9-26(42-43)32(47)50-19-35(36,37)38)41-33(48)34(5,6)15-14-23-10-11-24-12-13-25(39-27(24)17-23)21(3)51-22(4)44/h10-15,17,20-21,26,28-29,42H,8-9,16,18-19H2,1-7H3,(H,40,45)(H,41,48). The number of nitrogens with one attached hydrogen (secondary N) is 3. The van der Waals surface area contributed by atoms with E-state index < -0.39 is 69.7 Å². The van der Waals surface area contributed by atoms with Crippen molar-refractivity contribution in [2.24, 2.45) is 11.3 Å². The van der Waals surface area contributed by atoms with Crippen LogP contribution in [0, 0.1) is 11.3 Å². The van der Waals surface area contributed by atoms with E-state index in [0.29, 0.717) is 24.1 Å². The maximum absolute atomic E-state index is 13.6. The molecule has 2 heterocycles. The van der Waals surface area contributed by atoms with Crippen LogP contribution < -0.4 is 16.1 Å². The molecule has 51 heavy (non-hydrogen) atoms. The molecule has 4 unspecified atom stereocenters. The molecule has 3 amide bonds. The minimum Gasteiger partial charge on any atom is -0.460 e. The molecule has 0 saturated carbocycles. The first-order valence-electron chi connectivity index (χ1n) is 16.5. The Hall–Kier alpha value is -3.49. The smallest absolute Gasteiger partial charge is 0.325 e. The molecule has 1 aliphatic rings. The minimum absolute atomic E-state index is 0.164. The van der Waals surface area contributed by atoms with Gasteiger partial charge in [0.15, 0.2) is 0 Å². The maximum atomic E-state index is 13.6. The summed E-state index contributed by atoms with van der Waals surface area (Å²) in [6.07, 6.45) is 3.88. The second kappa shape index (κ2) is 18.3. The predicted octanol–water partition coefficient (Wildman–Crippen LogP) is 4.58. The number of hydrazine groups is 1. The number of aromatic nitrogens is 1. The number of pyridine rings is 1. The predicted molar refractivity (Wildman–Crippen MR) is 194 cm³/mol. The van der Waals surface area contributed by atoms with Crippen LogP contribution in [0.25, 0.3) is 17.0 Å². The van der Waals surface area contributed by atoms with Gasteiger partial charge < -0.3 is 24.8 Å². The van der Waals surface area contributed by atoms with E-state index in [1.807, 2.05) is 30.3 Å². The zero-order chi connectivity index (χ0) is 38.1. The van der Waals surface area contributed by atoms with Gasteiger partial charge in [0.05, 0.1) is 23.2 Å². The van der Waals surface area contributed by atoms with Crippen molar-refractivity contribution in [1.82, 2.24) is 26.1 Å². The number of benzene rings is 1. The van der Waals surface area contributed by atoms with Gasteiger partial charge in [0.1, 0.15) is 30.8 Å². The molecule has 2 aromatic rings. The fraction of sp³-hybridized carbons (Fsp3) is 0.543. The summed E-state index contributed by atoms with van der Waals surface area (Å²) >= 11 is 17.0. The molecule has 280 valence electrons. The van der Waals surface area contributed by atoms with Crippen LogP contribution >= 0.6 is 34.8 Å². The summed E-state index contributed by atoms with van der Waals surface area (Å²) in [5, 5.41) is 7.68.